The lowest BCUT2D eigenvalue weighted by Gasteiger charge is -2.28. The first-order chi connectivity index (χ1) is 16.0. The molecule has 7 nitrogen and oxygen atoms in total. The van der Waals surface area contributed by atoms with E-state index in [0.717, 1.165) is 50.7 Å². The number of hydrogen-bond donors (Lipinski definition) is 2. The van der Waals surface area contributed by atoms with Gasteiger partial charge in [0.1, 0.15) is 11.2 Å². The summed E-state index contributed by atoms with van der Waals surface area (Å²) in [5, 5.41) is 6.27. The second-order valence-electron chi connectivity index (χ2n) is 9.02. The lowest BCUT2D eigenvalue weighted by atomic mass is 9.87. The lowest BCUT2D eigenvalue weighted by Crippen LogP contribution is -2.28. The zero-order chi connectivity index (χ0) is 22.9. The summed E-state index contributed by atoms with van der Waals surface area (Å²) in [6, 6.07) is 2.53. The van der Waals surface area contributed by atoms with Crippen LogP contribution in [0.2, 0.25) is 5.02 Å². The van der Waals surface area contributed by atoms with Gasteiger partial charge in [0.2, 0.25) is 11.9 Å². The fraction of sp³-hybridized carbons (Fsp3) is 0.522. The molecule has 2 N–H and O–H groups in total. The molecule has 33 heavy (non-hydrogen) atoms. The van der Waals surface area contributed by atoms with Crippen LogP contribution >= 0.6 is 11.6 Å². The van der Waals surface area contributed by atoms with E-state index in [1.54, 1.807) is 6.20 Å². The molecule has 0 amide bonds. The molecule has 0 spiro atoms. The Hall–Kier alpha value is -2.52. The quantitative estimate of drug-likeness (QED) is 0.481. The molecule has 1 aliphatic carbocycles. The van der Waals surface area contributed by atoms with Crippen molar-refractivity contribution >= 4 is 40.3 Å². The van der Waals surface area contributed by atoms with Gasteiger partial charge in [-0.05, 0) is 56.6 Å². The Bertz CT molecular complexity index is 1120. The molecule has 0 atom stereocenters. The minimum Gasteiger partial charge on any atom is -0.381 e. The summed E-state index contributed by atoms with van der Waals surface area (Å²) in [7, 11) is 0. The molecule has 3 heterocycles. The number of halogens is 3. The molecule has 2 fully saturated rings. The topological polar surface area (TPSA) is 76.9 Å². The fourth-order valence-electron chi connectivity index (χ4n) is 4.69. The van der Waals surface area contributed by atoms with E-state index in [2.05, 4.69) is 27.5 Å². The summed E-state index contributed by atoms with van der Waals surface area (Å²) in [5.41, 5.74) is 0.938. The van der Waals surface area contributed by atoms with Gasteiger partial charge in [-0.3, -0.25) is 4.57 Å². The maximum absolute atomic E-state index is 14.5. The molecule has 0 bridgehead atoms. The maximum Gasteiger partial charge on any atom is 0.224 e. The minimum atomic E-state index is -0.774. The van der Waals surface area contributed by atoms with Crippen molar-refractivity contribution in [2.45, 2.75) is 57.5 Å². The van der Waals surface area contributed by atoms with Crippen molar-refractivity contribution < 1.29 is 13.5 Å². The molecule has 176 valence electrons. The Labute approximate surface area is 195 Å². The van der Waals surface area contributed by atoms with E-state index in [1.807, 2.05) is 4.57 Å². The molecule has 1 aliphatic heterocycles. The van der Waals surface area contributed by atoms with E-state index in [1.165, 1.54) is 0 Å². The normalized spacial score (nSPS) is 21.9. The highest BCUT2D eigenvalue weighted by Crippen LogP contribution is 2.37. The van der Waals surface area contributed by atoms with Crippen molar-refractivity contribution in [3.8, 4) is 0 Å². The Balaban J connectivity index is 1.54. The first-order valence-corrected chi connectivity index (χ1v) is 11.9. The number of aromatic nitrogens is 4. The van der Waals surface area contributed by atoms with Gasteiger partial charge in [0, 0.05) is 30.3 Å². The maximum atomic E-state index is 14.5. The van der Waals surface area contributed by atoms with Gasteiger partial charge in [-0.2, -0.15) is 4.98 Å². The molecular formula is C23H27ClF2N6O. The van der Waals surface area contributed by atoms with E-state index in [9.17, 15) is 8.78 Å². The number of anilines is 3. The lowest BCUT2D eigenvalue weighted by molar-refractivity contribution is 0.0903. The van der Waals surface area contributed by atoms with Crippen LogP contribution in [-0.2, 0) is 4.74 Å². The third-order valence-electron chi connectivity index (χ3n) is 6.58. The SMILES string of the molecule is CC1CCC(n2c(Nc3c(F)cc(Cl)cc3F)nc3cnc(NC4CCOCC4)nc32)CC1. The van der Waals surface area contributed by atoms with Gasteiger partial charge in [-0.15, -0.1) is 0 Å². The number of nitrogens with one attached hydrogen (secondary N) is 2. The molecule has 2 aromatic heterocycles. The van der Waals surface area contributed by atoms with Crippen LogP contribution in [0.4, 0.5) is 26.4 Å². The smallest absolute Gasteiger partial charge is 0.224 e. The number of fused-ring (bicyclic) bond motifs is 1. The van der Waals surface area contributed by atoms with E-state index >= 15 is 0 Å². The average Bonchev–Trinajstić information content (AvgIpc) is 3.15. The molecule has 1 aromatic carbocycles. The standard InChI is InChI=1S/C23H27ClF2N6O/c1-13-2-4-16(5-3-13)32-21-19(12-27-22(31-21)28-15-6-8-33-9-7-15)29-23(32)30-20-17(25)10-14(24)11-18(20)26/h10-13,15-16H,2-9H2,1H3,(H,29,30)(H,27,28,31). The van der Waals surface area contributed by atoms with Gasteiger partial charge in [-0.25, -0.2) is 18.7 Å². The van der Waals surface area contributed by atoms with Crippen LogP contribution in [0.5, 0.6) is 0 Å². The van der Waals surface area contributed by atoms with Crippen molar-refractivity contribution in [3.63, 3.8) is 0 Å². The Morgan fingerprint density at radius 3 is 2.42 bits per heavy atom. The third-order valence-corrected chi connectivity index (χ3v) is 6.80. The van der Waals surface area contributed by atoms with Crippen molar-refractivity contribution in [1.82, 2.24) is 19.5 Å². The molecule has 3 aromatic rings. The summed E-state index contributed by atoms with van der Waals surface area (Å²) in [6.45, 7) is 3.67. The number of rotatable bonds is 5. The molecule has 1 saturated carbocycles. The molecule has 2 aliphatic rings. The monoisotopic (exact) mass is 476 g/mol. The van der Waals surface area contributed by atoms with Crippen molar-refractivity contribution in [2.24, 2.45) is 5.92 Å². The summed E-state index contributed by atoms with van der Waals surface area (Å²) in [5.74, 6) is -0.0241. The number of ether oxygens (including phenoxy) is 1. The summed E-state index contributed by atoms with van der Waals surface area (Å²) >= 11 is 5.79. The zero-order valence-corrected chi connectivity index (χ0v) is 19.2. The van der Waals surface area contributed by atoms with Crippen LogP contribution in [0.1, 0.15) is 51.5 Å². The van der Waals surface area contributed by atoms with Crippen molar-refractivity contribution in [1.29, 1.82) is 0 Å². The first kappa shape index (κ1) is 22.3. The Morgan fingerprint density at radius 1 is 1.03 bits per heavy atom. The molecule has 0 unspecified atom stereocenters. The van der Waals surface area contributed by atoms with Crippen LogP contribution in [0.15, 0.2) is 18.3 Å². The van der Waals surface area contributed by atoms with Crippen molar-refractivity contribution in [3.05, 3.63) is 35.0 Å². The first-order valence-electron chi connectivity index (χ1n) is 11.5. The summed E-state index contributed by atoms with van der Waals surface area (Å²) < 4.78 is 36.5. The van der Waals surface area contributed by atoms with Gasteiger partial charge in [0.05, 0.1) is 6.20 Å². The van der Waals surface area contributed by atoms with E-state index < -0.39 is 11.6 Å². The number of benzene rings is 1. The van der Waals surface area contributed by atoms with Gasteiger partial charge >= 0.3 is 0 Å². The molecule has 0 radical (unpaired) electrons. The minimum absolute atomic E-state index is 0.0000154. The molecule has 10 heteroatoms. The van der Waals surface area contributed by atoms with Crippen molar-refractivity contribution in [2.75, 3.05) is 23.8 Å². The largest absolute Gasteiger partial charge is 0.381 e. The number of hydrogen-bond acceptors (Lipinski definition) is 6. The third kappa shape index (κ3) is 4.75. The van der Waals surface area contributed by atoms with Gasteiger partial charge < -0.3 is 15.4 Å². The number of nitrogens with zero attached hydrogens (tertiary/aromatic N) is 4. The molecule has 5 rings (SSSR count). The Kier molecular flexibility index (Phi) is 6.34. The summed E-state index contributed by atoms with van der Waals surface area (Å²) in [6.07, 6.45) is 7.48. The van der Waals surface area contributed by atoms with Crippen LogP contribution in [0.3, 0.4) is 0 Å². The predicted molar refractivity (Wildman–Crippen MR) is 124 cm³/mol. The zero-order valence-electron chi connectivity index (χ0n) is 18.5. The number of imidazole rings is 1. The van der Waals surface area contributed by atoms with E-state index in [4.69, 9.17) is 21.3 Å². The second-order valence-corrected chi connectivity index (χ2v) is 9.46. The highest BCUT2D eigenvalue weighted by atomic mass is 35.5. The van der Waals surface area contributed by atoms with Crippen LogP contribution < -0.4 is 10.6 Å². The van der Waals surface area contributed by atoms with E-state index in [-0.39, 0.29) is 22.8 Å². The molecule has 1 saturated heterocycles. The highest BCUT2D eigenvalue weighted by molar-refractivity contribution is 6.30. The average molecular weight is 477 g/mol. The van der Waals surface area contributed by atoms with Crippen LogP contribution in [-0.4, -0.2) is 38.8 Å². The highest BCUT2D eigenvalue weighted by Gasteiger charge is 2.27. The Morgan fingerprint density at radius 2 is 1.73 bits per heavy atom. The van der Waals surface area contributed by atoms with E-state index in [0.29, 0.717) is 42.2 Å². The molecular weight excluding hydrogens is 450 g/mol. The van der Waals surface area contributed by atoms with Crippen LogP contribution in [0, 0.1) is 17.6 Å². The van der Waals surface area contributed by atoms with Gasteiger partial charge in [0.15, 0.2) is 17.3 Å². The second kappa shape index (κ2) is 9.38. The van der Waals surface area contributed by atoms with Crippen LogP contribution in [0.25, 0.3) is 11.2 Å². The predicted octanol–water partition coefficient (Wildman–Crippen LogP) is 5.84. The van der Waals surface area contributed by atoms with Gasteiger partial charge in [-0.1, -0.05) is 18.5 Å². The fourth-order valence-corrected chi connectivity index (χ4v) is 4.88. The van der Waals surface area contributed by atoms with Gasteiger partial charge in [0.25, 0.3) is 0 Å². The summed E-state index contributed by atoms with van der Waals surface area (Å²) in [4.78, 5) is 13.8.